The molecule has 0 saturated carbocycles. The number of benzene rings is 2. The Morgan fingerprint density at radius 3 is 1.37 bits per heavy atom. The number of halogens is 2. The molecule has 46 heavy (non-hydrogen) atoms. The van der Waals surface area contributed by atoms with Gasteiger partial charge in [0.1, 0.15) is 11.2 Å². The quantitative estimate of drug-likeness (QED) is 0.133. The Kier molecular flexibility index (Phi) is 14.2. The first-order valence-electron chi connectivity index (χ1n) is 13.9. The van der Waals surface area contributed by atoms with Crippen molar-refractivity contribution >= 4 is 53.2 Å². The van der Waals surface area contributed by atoms with Crippen LogP contribution in [0.15, 0.2) is 131 Å². The van der Waals surface area contributed by atoms with Crippen LogP contribution in [-0.4, -0.2) is 6.88 Å². The Bertz CT molecular complexity index is 1710. The molecule has 6 aromatic rings. The van der Waals surface area contributed by atoms with Gasteiger partial charge in [0.25, 0.3) is 0 Å². The van der Waals surface area contributed by atoms with E-state index in [1.807, 2.05) is 24.3 Å². The minimum absolute atomic E-state index is 0. The molecule has 0 saturated heterocycles. The van der Waals surface area contributed by atoms with Crippen molar-refractivity contribution in [3.63, 3.8) is 0 Å². The average molecular weight is 749 g/mol. The number of furan rings is 2. The number of ether oxygens (including phenoxy) is 2. The Labute approximate surface area is 301 Å². The second-order valence-electron chi connectivity index (χ2n) is 10.9. The summed E-state index contributed by atoms with van der Waals surface area (Å²) in [5.74, 6) is 1.81. The van der Waals surface area contributed by atoms with Crippen LogP contribution < -0.4 is 0 Å². The fourth-order valence-electron chi connectivity index (χ4n) is 5.95. The van der Waals surface area contributed by atoms with Crippen LogP contribution in [0.5, 0.6) is 0 Å². The summed E-state index contributed by atoms with van der Waals surface area (Å²) < 4.78 is 22.7. The summed E-state index contributed by atoms with van der Waals surface area (Å²) in [6.45, 7) is 7.34. The van der Waals surface area contributed by atoms with Crippen LogP contribution in [0.4, 0.5) is 0 Å². The topological polar surface area (TPSA) is 44.7 Å². The molecule has 2 radical (unpaired) electrons. The number of hydrogen-bond donors (Lipinski definition) is 0. The molecule has 2 aliphatic rings. The fraction of sp³-hybridized carbons (Fsp3) is 0.158. The molecule has 0 N–H and O–H groups in total. The van der Waals surface area contributed by atoms with E-state index in [9.17, 15) is 0 Å². The summed E-state index contributed by atoms with van der Waals surface area (Å²) in [6, 6.07) is 29.3. The standard InChI is InChI=1S/2C18H15O2.2CH3.2ClH.Si.Zr/c2*1-18(8-4-10-20-18)16-6-2-5-13-11-14(12-15(13)16)17-7-3-9-19-17;;;;;;/h2*2-7,9-12H,8H2,1H3;2*1H3;2*1H;;/q4*-1;;;;. The molecule has 2 atom stereocenters. The van der Waals surface area contributed by atoms with Crippen LogP contribution in [0.3, 0.4) is 0 Å². The zero-order valence-corrected chi connectivity index (χ0v) is 31.5. The van der Waals surface area contributed by atoms with Gasteiger partial charge < -0.3 is 33.2 Å². The maximum absolute atomic E-state index is 5.83. The van der Waals surface area contributed by atoms with E-state index >= 15 is 0 Å². The minimum atomic E-state index is -0.256. The molecule has 2 aromatic heterocycles. The average Bonchev–Trinajstić information content (AvgIpc) is 3.84. The second kappa shape index (κ2) is 16.7. The summed E-state index contributed by atoms with van der Waals surface area (Å²) >= 11 is 1.36. The summed E-state index contributed by atoms with van der Waals surface area (Å²) in [4.78, 5) is 0. The predicted molar refractivity (Wildman–Crippen MR) is 192 cm³/mol. The normalized spacial score (nSPS) is 18.7. The first-order valence-corrected chi connectivity index (χ1v) is 18.1. The van der Waals surface area contributed by atoms with Gasteiger partial charge in [0.2, 0.25) is 0 Å². The van der Waals surface area contributed by atoms with Crippen LogP contribution in [0.25, 0.3) is 44.2 Å². The summed E-state index contributed by atoms with van der Waals surface area (Å²) in [7, 11) is 0. The van der Waals surface area contributed by atoms with Gasteiger partial charge in [0.05, 0.1) is 36.6 Å². The van der Waals surface area contributed by atoms with E-state index in [1.54, 1.807) is 25.1 Å². The molecular formula is C38H38Cl2O4SiZr-4. The third-order valence-corrected chi connectivity index (χ3v) is 8.12. The van der Waals surface area contributed by atoms with Crippen molar-refractivity contribution in [2.45, 2.75) is 37.9 Å². The van der Waals surface area contributed by atoms with E-state index in [2.05, 4.69) is 93.5 Å². The van der Waals surface area contributed by atoms with Gasteiger partial charge in [0, 0.05) is 12.8 Å². The van der Waals surface area contributed by atoms with Crippen molar-refractivity contribution in [1.29, 1.82) is 0 Å². The van der Waals surface area contributed by atoms with Gasteiger partial charge in [-0.05, 0) is 49.3 Å². The maximum atomic E-state index is 5.83. The van der Waals surface area contributed by atoms with Crippen LogP contribution in [0.1, 0.15) is 37.8 Å². The summed E-state index contributed by atoms with van der Waals surface area (Å²) in [5, 5.41) is 4.94. The first kappa shape index (κ1) is 39.2. The summed E-state index contributed by atoms with van der Waals surface area (Å²) in [5.41, 5.74) is 4.19. The molecule has 2 unspecified atom stereocenters. The third kappa shape index (κ3) is 7.58. The van der Waals surface area contributed by atoms with E-state index in [-0.39, 0.29) is 50.9 Å². The van der Waals surface area contributed by atoms with Crippen molar-refractivity contribution in [2.75, 3.05) is 0 Å². The van der Waals surface area contributed by atoms with Gasteiger partial charge >= 0.3 is 30.2 Å². The Balaban J connectivity index is 0.000000281. The van der Waals surface area contributed by atoms with E-state index in [1.165, 1.54) is 56.0 Å². The summed E-state index contributed by atoms with van der Waals surface area (Å²) in [6.07, 6.45) is 13.0. The molecule has 0 amide bonds. The zero-order chi connectivity index (χ0) is 29.2. The van der Waals surface area contributed by atoms with Crippen LogP contribution in [0, 0.1) is 14.9 Å². The van der Waals surface area contributed by atoms with Crippen molar-refractivity contribution in [1.82, 2.24) is 0 Å². The molecule has 8 heteroatoms. The number of rotatable bonds is 4. The van der Waals surface area contributed by atoms with Gasteiger partial charge in [0.15, 0.2) is 0 Å². The van der Waals surface area contributed by atoms with E-state index in [0.717, 1.165) is 35.5 Å². The molecule has 0 fully saturated rings. The molecule has 4 aromatic carbocycles. The van der Waals surface area contributed by atoms with Gasteiger partial charge in [-0.25, -0.2) is 0 Å². The van der Waals surface area contributed by atoms with E-state index in [4.69, 9.17) is 18.3 Å². The molecule has 0 spiro atoms. The van der Waals surface area contributed by atoms with Crippen molar-refractivity contribution in [3.8, 4) is 22.6 Å². The van der Waals surface area contributed by atoms with Crippen LogP contribution in [-0.2, 0) is 44.0 Å². The van der Waals surface area contributed by atoms with E-state index in [0.29, 0.717) is 0 Å². The van der Waals surface area contributed by atoms with Crippen LogP contribution >= 0.6 is 24.8 Å². The SMILES string of the molecule is CC1(c2cccc3[cH-]c(-c4ccco4)cc23)CC=CO1.CC1(c2cccc3[cH-]c(-c4ccco4)cc23)CC=CO1.Cl.Cl.[CH3-].[CH3-].[Si]=[Zr]. The molecule has 0 bridgehead atoms. The predicted octanol–water partition coefficient (Wildman–Crippen LogP) is 11.3. The molecule has 2 aliphatic heterocycles. The Morgan fingerprint density at radius 1 is 0.630 bits per heavy atom. The number of fused-ring (bicyclic) bond motifs is 2. The van der Waals surface area contributed by atoms with Crippen molar-refractivity contribution < 1.29 is 41.6 Å². The van der Waals surface area contributed by atoms with Crippen LogP contribution in [0.2, 0.25) is 0 Å². The monoisotopic (exact) mass is 746 g/mol. The fourth-order valence-corrected chi connectivity index (χ4v) is 5.95. The third-order valence-electron chi connectivity index (χ3n) is 8.12. The number of hydrogen-bond acceptors (Lipinski definition) is 4. The molecule has 0 aliphatic carbocycles. The van der Waals surface area contributed by atoms with Crippen molar-refractivity contribution in [3.05, 3.63) is 148 Å². The zero-order valence-electron chi connectivity index (χ0n) is 26.4. The molecule has 240 valence electrons. The van der Waals surface area contributed by atoms with Gasteiger partial charge in [-0.1, -0.05) is 47.5 Å². The molecule has 4 nitrogen and oxygen atoms in total. The van der Waals surface area contributed by atoms with Gasteiger partial charge in [-0.15, -0.1) is 82.8 Å². The molecular weight excluding hydrogens is 711 g/mol. The second-order valence-corrected chi connectivity index (χ2v) is 10.9. The molecule has 8 rings (SSSR count). The van der Waals surface area contributed by atoms with Gasteiger partial charge in [-0.2, -0.15) is 0 Å². The Hall–Kier alpha value is -3.02. The van der Waals surface area contributed by atoms with Crippen molar-refractivity contribution in [2.24, 2.45) is 0 Å². The first-order chi connectivity index (χ1) is 20.5. The Morgan fingerprint density at radius 2 is 1.04 bits per heavy atom. The van der Waals surface area contributed by atoms with Gasteiger partial charge in [-0.3, -0.25) is 0 Å². The molecule has 4 heterocycles. The van der Waals surface area contributed by atoms with E-state index < -0.39 is 0 Å².